The van der Waals surface area contributed by atoms with E-state index in [0.717, 1.165) is 72.1 Å². The molecule has 0 aliphatic carbocycles. The highest BCUT2D eigenvalue weighted by molar-refractivity contribution is 6.10. The van der Waals surface area contributed by atoms with E-state index in [9.17, 15) is 0 Å². The standard InChI is InChI=1S/C36H21N7/c1-4-14-29-23(9-1)24-10-2-5-15-30(24)41(29)22-17-18-32-28(21-22)40-36-35-39-27-13-3-6-16-31(27)42(35)33-25(11-7-19-37-33)26-12-8-20-38-34(26)43(32)36/h1-21H. The monoisotopic (exact) mass is 551 g/mol. The average Bonchev–Trinajstić information content (AvgIpc) is 3.73. The van der Waals surface area contributed by atoms with Gasteiger partial charge in [-0.1, -0.05) is 48.5 Å². The molecular weight excluding hydrogens is 530 g/mol. The molecule has 0 spiro atoms. The van der Waals surface area contributed by atoms with Crippen molar-refractivity contribution in [2.24, 2.45) is 0 Å². The van der Waals surface area contributed by atoms with Crippen molar-refractivity contribution in [3.63, 3.8) is 0 Å². The summed E-state index contributed by atoms with van der Waals surface area (Å²) in [6.45, 7) is 0. The van der Waals surface area contributed by atoms with Crippen LogP contribution < -0.4 is 0 Å². The third-order valence-corrected chi connectivity index (χ3v) is 8.52. The summed E-state index contributed by atoms with van der Waals surface area (Å²) in [7, 11) is 0. The third-order valence-electron chi connectivity index (χ3n) is 8.52. The number of pyridine rings is 2. The molecule has 0 N–H and O–H groups in total. The van der Waals surface area contributed by atoms with Gasteiger partial charge in [-0.2, -0.15) is 0 Å². The number of benzene rings is 4. The summed E-state index contributed by atoms with van der Waals surface area (Å²) in [5, 5.41) is 4.44. The number of fused-ring (bicyclic) bond motifs is 15. The summed E-state index contributed by atoms with van der Waals surface area (Å²) in [6, 6.07) is 40.0. The summed E-state index contributed by atoms with van der Waals surface area (Å²) in [5.41, 5.74) is 10.1. The fourth-order valence-corrected chi connectivity index (χ4v) is 6.73. The van der Waals surface area contributed by atoms with Crippen LogP contribution in [0.1, 0.15) is 0 Å². The maximum atomic E-state index is 5.29. The fraction of sp³-hybridized carbons (Fsp3) is 0. The molecule has 0 unspecified atom stereocenters. The minimum absolute atomic E-state index is 0.724. The maximum Gasteiger partial charge on any atom is 0.183 e. The molecular formula is C36H21N7. The van der Waals surface area contributed by atoms with Gasteiger partial charge in [-0.15, -0.1) is 0 Å². The number of aromatic nitrogens is 7. The van der Waals surface area contributed by atoms with Gasteiger partial charge in [-0.3, -0.25) is 8.80 Å². The molecule has 7 nitrogen and oxygen atoms in total. The van der Waals surface area contributed by atoms with E-state index >= 15 is 0 Å². The van der Waals surface area contributed by atoms with Gasteiger partial charge in [0.15, 0.2) is 11.3 Å². The van der Waals surface area contributed by atoms with Crippen LogP contribution in [0, 0.1) is 0 Å². The summed E-state index contributed by atoms with van der Waals surface area (Å²) >= 11 is 0. The van der Waals surface area contributed by atoms with E-state index in [1.54, 1.807) is 0 Å². The first kappa shape index (κ1) is 22.6. The minimum atomic E-state index is 0.724. The zero-order valence-electron chi connectivity index (χ0n) is 22.8. The first-order valence-corrected chi connectivity index (χ1v) is 14.3. The van der Waals surface area contributed by atoms with E-state index in [-0.39, 0.29) is 0 Å². The number of para-hydroxylation sites is 4. The zero-order valence-corrected chi connectivity index (χ0v) is 22.8. The van der Waals surface area contributed by atoms with Crippen LogP contribution in [0.25, 0.3) is 82.9 Å². The van der Waals surface area contributed by atoms with E-state index in [2.05, 4.69) is 98.3 Å². The van der Waals surface area contributed by atoms with Gasteiger partial charge in [-0.25, -0.2) is 19.9 Å². The molecule has 0 bridgehead atoms. The summed E-state index contributed by atoms with van der Waals surface area (Å²) in [5.74, 6) is 0. The molecule has 4 aromatic carbocycles. The lowest BCUT2D eigenvalue weighted by molar-refractivity contribution is 1.18. The largest absolute Gasteiger partial charge is 0.309 e. The maximum absolute atomic E-state index is 5.29. The van der Waals surface area contributed by atoms with E-state index < -0.39 is 0 Å². The molecule has 0 aliphatic rings. The third kappa shape index (κ3) is 2.97. The summed E-state index contributed by atoms with van der Waals surface area (Å²) < 4.78 is 6.60. The quantitative estimate of drug-likeness (QED) is 0.207. The Labute approximate surface area is 243 Å². The van der Waals surface area contributed by atoms with E-state index in [0.29, 0.717) is 0 Å². The number of rotatable bonds is 1. The van der Waals surface area contributed by atoms with Gasteiger partial charge < -0.3 is 4.57 Å². The van der Waals surface area contributed by atoms with Crippen molar-refractivity contribution in [2.75, 3.05) is 0 Å². The van der Waals surface area contributed by atoms with Crippen LogP contribution in [0.5, 0.6) is 0 Å². The van der Waals surface area contributed by atoms with Gasteiger partial charge in [0.2, 0.25) is 0 Å². The number of hydrogen-bond donors (Lipinski definition) is 0. The second kappa shape index (κ2) is 8.24. The lowest BCUT2D eigenvalue weighted by Gasteiger charge is -2.08. The number of nitrogens with zero attached hydrogens (tertiary/aromatic N) is 7. The highest BCUT2D eigenvalue weighted by Gasteiger charge is 2.18. The Kier molecular flexibility index (Phi) is 4.33. The Morgan fingerprint density at radius 1 is 0.395 bits per heavy atom. The molecule has 10 rings (SSSR count). The van der Waals surface area contributed by atoms with Crippen LogP contribution in [0.3, 0.4) is 0 Å². The van der Waals surface area contributed by atoms with Crippen molar-refractivity contribution in [1.29, 1.82) is 0 Å². The van der Waals surface area contributed by atoms with Crippen LogP contribution in [0.2, 0.25) is 0 Å². The van der Waals surface area contributed by atoms with Crippen molar-refractivity contribution >= 4 is 77.2 Å². The molecule has 6 heterocycles. The van der Waals surface area contributed by atoms with Crippen LogP contribution in [-0.2, 0) is 0 Å². The highest BCUT2D eigenvalue weighted by atomic mass is 15.1. The molecule has 0 radical (unpaired) electrons. The van der Waals surface area contributed by atoms with Gasteiger partial charge >= 0.3 is 0 Å². The van der Waals surface area contributed by atoms with Gasteiger partial charge in [0, 0.05) is 39.6 Å². The molecule has 7 heteroatoms. The van der Waals surface area contributed by atoms with Gasteiger partial charge in [0.05, 0.1) is 33.1 Å². The molecule has 0 saturated carbocycles. The Morgan fingerprint density at radius 2 is 0.907 bits per heavy atom. The molecule has 0 amide bonds. The molecule has 200 valence electrons. The second-order valence-electron chi connectivity index (χ2n) is 10.8. The second-order valence-corrected chi connectivity index (χ2v) is 10.8. The van der Waals surface area contributed by atoms with Crippen LogP contribution >= 0.6 is 0 Å². The molecule has 6 aromatic heterocycles. The zero-order chi connectivity index (χ0) is 28.1. The first-order chi connectivity index (χ1) is 21.3. The molecule has 0 saturated heterocycles. The lowest BCUT2D eigenvalue weighted by atomic mass is 10.2. The first-order valence-electron chi connectivity index (χ1n) is 14.3. The van der Waals surface area contributed by atoms with Crippen LogP contribution in [-0.4, -0.2) is 33.3 Å². The van der Waals surface area contributed by atoms with Crippen LogP contribution in [0.4, 0.5) is 0 Å². The smallest absolute Gasteiger partial charge is 0.183 e. The Bertz CT molecular complexity index is 2750. The van der Waals surface area contributed by atoms with Crippen molar-refractivity contribution in [2.45, 2.75) is 0 Å². The topological polar surface area (TPSA) is 65.3 Å². The highest BCUT2D eigenvalue weighted by Crippen LogP contribution is 2.34. The average molecular weight is 552 g/mol. The van der Waals surface area contributed by atoms with Crippen LogP contribution in [0.15, 0.2) is 128 Å². The van der Waals surface area contributed by atoms with Gasteiger partial charge in [-0.05, 0) is 66.7 Å². The van der Waals surface area contributed by atoms with Crippen molar-refractivity contribution in [1.82, 2.24) is 33.3 Å². The lowest BCUT2D eigenvalue weighted by Crippen LogP contribution is -1.97. The number of imidazole rings is 2. The van der Waals surface area contributed by atoms with Gasteiger partial charge in [0.1, 0.15) is 11.3 Å². The summed E-state index contributed by atoms with van der Waals surface area (Å²) in [6.07, 6.45) is 3.66. The molecule has 10 aromatic rings. The Balaban J connectivity index is 1.42. The van der Waals surface area contributed by atoms with Crippen molar-refractivity contribution in [3.05, 3.63) is 128 Å². The fourth-order valence-electron chi connectivity index (χ4n) is 6.73. The SMILES string of the molecule is c1ccc2c(c1)nc1c3nc4cc(-n5c6ccccc6c6ccccc65)ccc4n3c3ncccc3c3cccnc3n21. The molecule has 0 aliphatic heterocycles. The molecule has 43 heavy (non-hydrogen) atoms. The number of hydrogen-bond acceptors (Lipinski definition) is 4. The van der Waals surface area contributed by atoms with Crippen molar-refractivity contribution < 1.29 is 0 Å². The Morgan fingerprint density at radius 3 is 1.56 bits per heavy atom. The van der Waals surface area contributed by atoms with E-state index in [1.165, 1.54) is 10.8 Å². The van der Waals surface area contributed by atoms with Crippen molar-refractivity contribution in [3.8, 4) is 5.69 Å². The summed E-state index contributed by atoms with van der Waals surface area (Å²) in [4.78, 5) is 20.2. The predicted molar refractivity (Wildman–Crippen MR) is 173 cm³/mol. The Hall–Kier alpha value is -6.08. The molecule has 0 atom stereocenters. The van der Waals surface area contributed by atoms with E-state index in [4.69, 9.17) is 19.9 Å². The van der Waals surface area contributed by atoms with Gasteiger partial charge in [0.25, 0.3) is 0 Å². The predicted octanol–water partition coefficient (Wildman–Crippen LogP) is 8.04. The normalized spacial score (nSPS) is 12.2. The minimum Gasteiger partial charge on any atom is -0.309 e. The van der Waals surface area contributed by atoms with E-state index in [1.807, 2.05) is 42.7 Å². The molecule has 0 fully saturated rings.